The minimum absolute atomic E-state index is 0.568. The van der Waals surface area contributed by atoms with E-state index in [4.69, 9.17) is 9.47 Å². The van der Waals surface area contributed by atoms with Gasteiger partial charge in [0.05, 0.1) is 7.11 Å². The number of aryl methyl sites for hydroxylation is 2. The molecule has 3 aromatic rings. The van der Waals surface area contributed by atoms with Crippen molar-refractivity contribution < 1.29 is 9.47 Å². The minimum atomic E-state index is 0.568. The van der Waals surface area contributed by atoms with Crippen LogP contribution in [0.4, 0.5) is 0 Å². The van der Waals surface area contributed by atoms with Gasteiger partial charge in [-0.1, -0.05) is 12.1 Å². The zero-order valence-corrected chi connectivity index (χ0v) is 13.3. The van der Waals surface area contributed by atoms with E-state index < -0.39 is 0 Å². The summed E-state index contributed by atoms with van der Waals surface area (Å²) in [7, 11) is 1.66. The zero-order chi connectivity index (χ0) is 15.5. The molecule has 0 saturated heterocycles. The molecule has 0 fully saturated rings. The predicted octanol–water partition coefficient (Wildman–Crippen LogP) is 4.56. The zero-order valence-electron chi connectivity index (χ0n) is 13.3. The third-order valence-corrected chi connectivity index (χ3v) is 3.91. The molecule has 0 aliphatic carbocycles. The van der Waals surface area contributed by atoms with Crippen molar-refractivity contribution in [1.29, 1.82) is 0 Å². The summed E-state index contributed by atoms with van der Waals surface area (Å²) in [5, 5.41) is 1.26. The number of methoxy groups -OCH3 is 1. The van der Waals surface area contributed by atoms with Gasteiger partial charge >= 0.3 is 0 Å². The molecule has 3 nitrogen and oxygen atoms in total. The summed E-state index contributed by atoms with van der Waals surface area (Å²) in [6.45, 7) is 5.82. The highest BCUT2D eigenvalue weighted by Gasteiger charge is 2.08. The Bertz CT molecular complexity index is 772. The van der Waals surface area contributed by atoms with Gasteiger partial charge in [0, 0.05) is 29.2 Å². The van der Waals surface area contributed by atoms with E-state index in [1.807, 2.05) is 24.3 Å². The van der Waals surface area contributed by atoms with Crippen molar-refractivity contribution in [1.82, 2.24) is 4.57 Å². The first kappa shape index (κ1) is 14.5. The van der Waals surface area contributed by atoms with Crippen LogP contribution in [0.15, 0.2) is 48.7 Å². The standard InChI is InChI=1S/C19H21NO2/c1-4-20-12-15(18-10-5-14(2)11-19(18)20)13-22-17-8-6-16(21-3)7-9-17/h5-12H,4,13H2,1-3H3. The van der Waals surface area contributed by atoms with Gasteiger partial charge in [0.2, 0.25) is 0 Å². The number of ether oxygens (including phenoxy) is 2. The van der Waals surface area contributed by atoms with Crippen LogP contribution in [0.1, 0.15) is 18.1 Å². The quantitative estimate of drug-likeness (QED) is 0.689. The van der Waals surface area contributed by atoms with Crippen molar-refractivity contribution in [3.05, 3.63) is 59.8 Å². The highest BCUT2D eigenvalue weighted by Crippen LogP contribution is 2.25. The molecule has 1 aromatic heterocycles. The van der Waals surface area contributed by atoms with E-state index in [1.165, 1.54) is 22.0 Å². The molecular weight excluding hydrogens is 274 g/mol. The van der Waals surface area contributed by atoms with E-state index in [0.717, 1.165) is 18.0 Å². The molecule has 0 aliphatic rings. The van der Waals surface area contributed by atoms with Crippen LogP contribution in [0.5, 0.6) is 11.5 Å². The number of fused-ring (bicyclic) bond motifs is 1. The third-order valence-electron chi connectivity index (χ3n) is 3.91. The third kappa shape index (κ3) is 2.80. The molecule has 0 spiro atoms. The second-order valence-corrected chi connectivity index (χ2v) is 5.43. The SMILES string of the molecule is CCn1cc(COc2ccc(OC)cc2)c2ccc(C)cc21. The van der Waals surface area contributed by atoms with Crippen LogP contribution in [-0.4, -0.2) is 11.7 Å². The van der Waals surface area contributed by atoms with Gasteiger partial charge in [0.1, 0.15) is 18.1 Å². The van der Waals surface area contributed by atoms with Crippen LogP contribution < -0.4 is 9.47 Å². The maximum Gasteiger partial charge on any atom is 0.120 e. The molecule has 0 radical (unpaired) electrons. The number of rotatable bonds is 5. The summed E-state index contributed by atoms with van der Waals surface area (Å²) < 4.78 is 13.4. The Morgan fingerprint density at radius 1 is 1.00 bits per heavy atom. The summed E-state index contributed by atoms with van der Waals surface area (Å²) in [6, 6.07) is 14.3. The maximum atomic E-state index is 5.92. The van der Waals surface area contributed by atoms with Crippen molar-refractivity contribution in [3.8, 4) is 11.5 Å². The number of nitrogens with zero attached hydrogens (tertiary/aromatic N) is 1. The molecule has 1 heterocycles. The van der Waals surface area contributed by atoms with E-state index >= 15 is 0 Å². The number of benzene rings is 2. The molecule has 3 rings (SSSR count). The lowest BCUT2D eigenvalue weighted by molar-refractivity contribution is 0.306. The van der Waals surface area contributed by atoms with Crippen LogP contribution in [0.2, 0.25) is 0 Å². The molecule has 0 N–H and O–H groups in total. The highest BCUT2D eigenvalue weighted by molar-refractivity contribution is 5.84. The first-order valence-corrected chi connectivity index (χ1v) is 7.56. The van der Waals surface area contributed by atoms with E-state index in [9.17, 15) is 0 Å². The molecule has 2 aromatic carbocycles. The number of aromatic nitrogens is 1. The normalized spacial score (nSPS) is 10.9. The Kier molecular flexibility index (Phi) is 4.05. The summed E-state index contributed by atoms with van der Waals surface area (Å²) in [6.07, 6.45) is 2.19. The summed E-state index contributed by atoms with van der Waals surface area (Å²) in [5.41, 5.74) is 3.77. The number of hydrogen-bond acceptors (Lipinski definition) is 2. The summed E-state index contributed by atoms with van der Waals surface area (Å²) in [4.78, 5) is 0. The lowest BCUT2D eigenvalue weighted by Crippen LogP contribution is -1.95. The van der Waals surface area contributed by atoms with Gasteiger partial charge in [-0.3, -0.25) is 0 Å². The van der Waals surface area contributed by atoms with Crippen LogP contribution in [0.25, 0.3) is 10.9 Å². The Balaban J connectivity index is 1.84. The molecule has 114 valence electrons. The van der Waals surface area contributed by atoms with Crippen LogP contribution in [0.3, 0.4) is 0 Å². The largest absolute Gasteiger partial charge is 0.497 e. The van der Waals surface area contributed by atoms with Gasteiger partial charge in [-0.2, -0.15) is 0 Å². The minimum Gasteiger partial charge on any atom is -0.497 e. The van der Waals surface area contributed by atoms with Crippen molar-refractivity contribution in [2.24, 2.45) is 0 Å². The van der Waals surface area contributed by atoms with Gasteiger partial charge in [0.25, 0.3) is 0 Å². The highest BCUT2D eigenvalue weighted by atomic mass is 16.5. The van der Waals surface area contributed by atoms with Gasteiger partial charge in [-0.25, -0.2) is 0 Å². The topological polar surface area (TPSA) is 23.4 Å². The van der Waals surface area contributed by atoms with E-state index in [0.29, 0.717) is 6.61 Å². The first-order chi connectivity index (χ1) is 10.7. The fraction of sp³-hybridized carbons (Fsp3) is 0.263. The Morgan fingerprint density at radius 3 is 2.41 bits per heavy atom. The lowest BCUT2D eigenvalue weighted by atomic mass is 10.1. The molecular formula is C19H21NO2. The molecule has 0 bridgehead atoms. The molecule has 3 heteroatoms. The monoisotopic (exact) mass is 295 g/mol. The molecule has 0 saturated carbocycles. The molecule has 22 heavy (non-hydrogen) atoms. The fourth-order valence-electron chi connectivity index (χ4n) is 2.69. The lowest BCUT2D eigenvalue weighted by Gasteiger charge is -2.06. The average molecular weight is 295 g/mol. The molecule has 0 unspecified atom stereocenters. The second-order valence-electron chi connectivity index (χ2n) is 5.43. The Morgan fingerprint density at radius 2 is 1.73 bits per heavy atom. The van der Waals surface area contributed by atoms with Crippen molar-refractivity contribution in [3.63, 3.8) is 0 Å². The Hall–Kier alpha value is -2.42. The van der Waals surface area contributed by atoms with Gasteiger partial charge in [-0.15, -0.1) is 0 Å². The molecule has 0 amide bonds. The van der Waals surface area contributed by atoms with E-state index in [1.54, 1.807) is 7.11 Å². The molecule has 0 aliphatic heterocycles. The molecule has 0 atom stereocenters. The smallest absolute Gasteiger partial charge is 0.120 e. The maximum absolute atomic E-state index is 5.92. The van der Waals surface area contributed by atoms with Crippen molar-refractivity contribution in [2.75, 3.05) is 7.11 Å². The Labute approximate surface area is 131 Å². The average Bonchev–Trinajstić information content (AvgIpc) is 2.90. The van der Waals surface area contributed by atoms with Crippen molar-refractivity contribution >= 4 is 10.9 Å². The van der Waals surface area contributed by atoms with Crippen molar-refractivity contribution in [2.45, 2.75) is 27.0 Å². The van der Waals surface area contributed by atoms with Gasteiger partial charge < -0.3 is 14.0 Å². The van der Waals surface area contributed by atoms with Gasteiger partial charge in [-0.05, 0) is 49.7 Å². The predicted molar refractivity (Wildman–Crippen MR) is 89.7 cm³/mol. The first-order valence-electron chi connectivity index (χ1n) is 7.56. The van der Waals surface area contributed by atoms with Crippen LogP contribution >= 0.6 is 0 Å². The fourth-order valence-corrected chi connectivity index (χ4v) is 2.69. The van der Waals surface area contributed by atoms with Gasteiger partial charge in [0.15, 0.2) is 0 Å². The van der Waals surface area contributed by atoms with Crippen LogP contribution in [-0.2, 0) is 13.2 Å². The van der Waals surface area contributed by atoms with Crippen LogP contribution in [0, 0.1) is 6.92 Å². The summed E-state index contributed by atoms with van der Waals surface area (Å²) in [5.74, 6) is 1.69. The van der Waals surface area contributed by atoms with E-state index in [2.05, 4.69) is 42.8 Å². The summed E-state index contributed by atoms with van der Waals surface area (Å²) >= 11 is 0. The second kappa shape index (κ2) is 6.14. The van der Waals surface area contributed by atoms with E-state index in [-0.39, 0.29) is 0 Å². The number of hydrogen-bond donors (Lipinski definition) is 0.